The van der Waals surface area contributed by atoms with Gasteiger partial charge in [0.05, 0.1) is 32.3 Å². The Morgan fingerprint density at radius 2 is 1.09 bits per heavy atom. The average molecular weight is 981 g/mol. The Morgan fingerprint density at radius 3 is 1.57 bits per heavy atom. The third-order valence-corrected chi connectivity index (χ3v) is 14.0. The summed E-state index contributed by atoms with van der Waals surface area (Å²) in [6.07, 6.45) is -5.20. The number of carbonyl (C=O) groups is 2. The molecule has 0 N–H and O–H groups in total. The lowest BCUT2D eigenvalue weighted by molar-refractivity contribution is -0.178. The largest absolute Gasteiger partial charge is 0.488 e. The molecule has 0 aliphatic heterocycles. The number of thiazole rings is 2. The Kier molecular flexibility index (Phi) is 14.4. The summed E-state index contributed by atoms with van der Waals surface area (Å²) in [6, 6.07) is 20.1. The number of ether oxygens (including phenoxy) is 5. The molecule has 0 radical (unpaired) electrons. The van der Waals surface area contributed by atoms with Crippen LogP contribution in [0.1, 0.15) is 103 Å². The SMILES string of the molecule is Cc1cc(OCc2sc(-c3ccc(C(F)(F)F)cc3)nc2C)ccc1OC(C)(C)C(=O)OC(=O)C(C)(C)Oc1ccc(OC(c2sc(-c3ccc(C(F)(F)F)cc3)nc2C)C2CCCC2)cc1C. The second-order valence-electron chi connectivity index (χ2n) is 17.8. The van der Waals surface area contributed by atoms with Crippen LogP contribution in [0.25, 0.3) is 21.1 Å². The molecule has 2 heterocycles. The van der Waals surface area contributed by atoms with Crippen LogP contribution in [-0.4, -0.2) is 33.1 Å². The minimum atomic E-state index is -4.43. The van der Waals surface area contributed by atoms with Gasteiger partial charge < -0.3 is 23.7 Å². The summed E-state index contributed by atoms with van der Waals surface area (Å²) in [5, 5.41) is 1.18. The highest BCUT2D eigenvalue weighted by Gasteiger charge is 2.41. The molecule has 1 atom stereocenters. The smallest absolute Gasteiger partial charge is 0.416 e. The third-order valence-electron chi connectivity index (χ3n) is 11.6. The van der Waals surface area contributed by atoms with Gasteiger partial charge in [-0.3, -0.25) is 0 Å². The molecular formula is C51H50F6N2O7S2. The van der Waals surface area contributed by atoms with Gasteiger partial charge in [-0.25, -0.2) is 19.6 Å². The Bertz CT molecular complexity index is 2770. The number of alkyl halides is 6. The van der Waals surface area contributed by atoms with E-state index in [9.17, 15) is 35.9 Å². The van der Waals surface area contributed by atoms with Crippen LogP contribution >= 0.6 is 22.7 Å². The van der Waals surface area contributed by atoms with E-state index in [1.54, 1.807) is 57.2 Å². The van der Waals surface area contributed by atoms with Crippen LogP contribution in [0.4, 0.5) is 26.3 Å². The second-order valence-corrected chi connectivity index (χ2v) is 19.9. The first kappa shape index (κ1) is 50.0. The van der Waals surface area contributed by atoms with E-state index in [2.05, 4.69) is 4.98 Å². The Labute approximate surface area is 398 Å². The van der Waals surface area contributed by atoms with Crippen molar-refractivity contribution >= 4 is 34.6 Å². The van der Waals surface area contributed by atoms with Crippen LogP contribution in [0.3, 0.4) is 0 Å². The molecule has 0 amide bonds. The maximum atomic E-state index is 13.5. The molecule has 1 unspecified atom stereocenters. The van der Waals surface area contributed by atoms with Gasteiger partial charge in [0.2, 0.25) is 11.2 Å². The maximum absolute atomic E-state index is 13.5. The number of hydrogen-bond acceptors (Lipinski definition) is 11. The summed E-state index contributed by atoms with van der Waals surface area (Å²) in [7, 11) is 0. The molecule has 1 saturated carbocycles. The van der Waals surface area contributed by atoms with Gasteiger partial charge in [-0.1, -0.05) is 37.1 Å². The molecule has 17 heteroatoms. The van der Waals surface area contributed by atoms with E-state index in [4.69, 9.17) is 28.7 Å². The van der Waals surface area contributed by atoms with Crippen molar-refractivity contribution < 1.29 is 59.6 Å². The lowest BCUT2D eigenvalue weighted by Gasteiger charge is -2.29. The van der Waals surface area contributed by atoms with Crippen LogP contribution < -0.4 is 18.9 Å². The van der Waals surface area contributed by atoms with Gasteiger partial charge in [0.25, 0.3) is 0 Å². The number of esters is 2. The highest BCUT2D eigenvalue weighted by molar-refractivity contribution is 7.15. The lowest BCUT2D eigenvalue weighted by Crippen LogP contribution is -2.46. The van der Waals surface area contributed by atoms with Crippen LogP contribution in [0.15, 0.2) is 84.9 Å². The zero-order chi connectivity index (χ0) is 49.3. The van der Waals surface area contributed by atoms with Crippen molar-refractivity contribution in [2.75, 3.05) is 0 Å². The number of carbonyl (C=O) groups excluding carboxylic acids is 2. The van der Waals surface area contributed by atoms with E-state index in [-0.39, 0.29) is 18.6 Å². The van der Waals surface area contributed by atoms with Crippen LogP contribution in [0.2, 0.25) is 0 Å². The molecule has 0 saturated heterocycles. The number of benzene rings is 4. The summed E-state index contributed by atoms with van der Waals surface area (Å²) >= 11 is 2.73. The monoisotopic (exact) mass is 980 g/mol. The van der Waals surface area contributed by atoms with Crippen molar-refractivity contribution in [3.63, 3.8) is 0 Å². The van der Waals surface area contributed by atoms with Crippen molar-refractivity contribution in [3.8, 4) is 44.1 Å². The molecule has 2 aromatic heterocycles. The van der Waals surface area contributed by atoms with E-state index in [1.165, 1.54) is 74.6 Å². The topological polar surface area (TPSA) is 106 Å². The Morgan fingerprint density at radius 1 is 0.632 bits per heavy atom. The minimum absolute atomic E-state index is 0.160. The predicted octanol–water partition coefficient (Wildman–Crippen LogP) is 14.2. The van der Waals surface area contributed by atoms with Crippen molar-refractivity contribution in [1.82, 2.24) is 9.97 Å². The standard InChI is InChI=1S/C51H50F6N2O7S2/c1-28-25-37(62-27-41-30(3)58-44(67-41)33-13-17-35(18-14-33)50(52,53)54)21-23-39(28)65-48(5,6)46(60)64-47(61)49(7,8)66-40-24-22-38(26-29(40)2)63-42(32-11-9-10-12-32)43-31(4)59-45(68-43)34-15-19-36(20-16-34)51(55,56)57/h13-26,32,42H,9-12,27H2,1-8H3. The molecule has 1 aliphatic carbocycles. The van der Waals surface area contributed by atoms with Gasteiger partial charge >= 0.3 is 24.3 Å². The van der Waals surface area contributed by atoms with Crippen LogP contribution in [-0.2, 0) is 33.3 Å². The summed E-state index contributed by atoms with van der Waals surface area (Å²) in [5.74, 6) is 0.0892. The summed E-state index contributed by atoms with van der Waals surface area (Å²) in [6.45, 7) is 13.3. The Balaban J connectivity index is 0.950. The summed E-state index contributed by atoms with van der Waals surface area (Å²) < 4.78 is 109. The van der Waals surface area contributed by atoms with Gasteiger partial charge in [0, 0.05) is 17.0 Å². The van der Waals surface area contributed by atoms with E-state index in [0.29, 0.717) is 61.0 Å². The first-order chi connectivity index (χ1) is 31.9. The van der Waals surface area contributed by atoms with Crippen molar-refractivity contribution in [1.29, 1.82) is 0 Å². The number of rotatable bonds is 15. The van der Waals surface area contributed by atoms with Gasteiger partial charge in [0.15, 0.2) is 0 Å². The molecule has 0 spiro atoms. The molecule has 360 valence electrons. The van der Waals surface area contributed by atoms with E-state index >= 15 is 0 Å². The molecule has 1 aliphatic rings. The number of halogens is 6. The molecule has 0 bridgehead atoms. The van der Waals surface area contributed by atoms with Crippen molar-refractivity contribution in [2.45, 2.75) is 117 Å². The molecule has 68 heavy (non-hydrogen) atoms. The second kappa shape index (κ2) is 19.6. The fraction of sp³-hybridized carbons (Fsp3) is 0.373. The van der Waals surface area contributed by atoms with Gasteiger partial charge in [-0.2, -0.15) is 26.3 Å². The van der Waals surface area contributed by atoms with Gasteiger partial charge in [-0.15, -0.1) is 22.7 Å². The van der Waals surface area contributed by atoms with E-state index in [0.717, 1.165) is 65.4 Å². The van der Waals surface area contributed by atoms with Crippen molar-refractivity contribution in [3.05, 3.63) is 128 Å². The maximum Gasteiger partial charge on any atom is 0.416 e. The first-order valence-corrected chi connectivity index (χ1v) is 23.5. The highest BCUT2D eigenvalue weighted by atomic mass is 32.1. The molecular weight excluding hydrogens is 931 g/mol. The zero-order valence-corrected chi connectivity index (χ0v) is 40.2. The quantitative estimate of drug-likeness (QED) is 0.0565. The average Bonchev–Trinajstić information content (AvgIpc) is 4.04. The number of hydrogen-bond donors (Lipinski definition) is 0. The van der Waals surface area contributed by atoms with Gasteiger partial charge in [-0.05, 0) is 140 Å². The number of nitrogens with zero attached hydrogens (tertiary/aromatic N) is 2. The molecule has 6 aromatic rings. The van der Waals surface area contributed by atoms with E-state index in [1.807, 2.05) is 6.92 Å². The van der Waals surface area contributed by atoms with Crippen LogP contribution in [0.5, 0.6) is 23.0 Å². The third kappa shape index (κ3) is 11.7. The lowest BCUT2D eigenvalue weighted by atomic mass is 9.98. The van der Waals surface area contributed by atoms with E-state index < -0.39 is 46.6 Å². The van der Waals surface area contributed by atoms with Gasteiger partial charge in [0.1, 0.15) is 45.7 Å². The molecule has 4 aromatic carbocycles. The summed E-state index contributed by atoms with van der Waals surface area (Å²) in [5.41, 5.74) is -0.788. The summed E-state index contributed by atoms with van der Waals surface area (Å²) in [4.78, 5) is 37.9. The molecule has 9 nitrogen and oxygen atoms in total. The molecule has 7 rings (SSSR count). The van der Waals surface area contributed by atoms with Crippen molar-refractivity contribution in [2.24, 2.45) is 5.92 Å². The normalized spacial score (nSPS) is 14.1. The van der Waals surface area contributed by atoms with Crippen LogP contribution in [0, 0.1) is 33.6 Å². The zero-order valence-electron chi connectivity index (χ0n) is 38.6. The Hall–Kier alpha value is -5.94. The highest BCUT2D eigenvalue weighted by Crippen LogP contribution is 2.45. The molecule has 1 fully saturated rings. The first-order valence-electron chi connectivity index (χ1n) is 21.8. The predicted molar refractivity (Wildman–Crippen MR) is 247 cm³/mol. The number of aromatic nitrogens is 2. The minimum Gasteiger partial charge on any atom is -0.488 e. The fourth-order valence-electron chi connectivity index (χ4n) is 7.60. The number of aryl methyl sites for hydroxylation is 4. The fourth-order valence-corrected chi connectivity index (χ4v) is 9.78.